The summed E-state index contributed by atoms with van der Waals surface area (Å²) < 4.78 is 1.71. The molecule has 3 heteroatoms. The molecule has 1 aromatic heterocycles. The first-order chi connectivity index (χ1) is 8.68. The van der Waals surface area contributed by atoms with Gasteiger partial charge in [-0.3, -0.25) is 4.79 Å². The van der Waals surface area contributed by atoms with Crippen molar-refractivity contribution in [2.75, 3.05) is 11.9 Å². The third-order valence-corrected chi connectivity index (χ3v) is 3.03. The molecule has 0 bridgehead atoms. The molecular formula is C15H18N2O. The molecule has 0 saturated carbocycles. The average molecular weight is 242 g/mol. The van der Waals surface area contributed by atoms with Gasteiger partial charge in [0.1, 0.15) is 0 Å². The maximum absolute atomic E-state index is 11.5. The van der Waals surface area contributed by atoms with Crippen LogP contribution >= 0.6 is 0 Å². The van der Waals surface area contributed by atoms with Crippen molar-refractivity contribution in [1.82, 2.24) is 4.57 Å². The van der Waals surface area contributed by atoms with Crippen molar-refractivity contribution in [3.63, 3.8) is 0 Å². The van der Waals surface area contributed by atoms with E-state index in [-0.39, 0.29) is 5.56 Å². The van der Waals surface area contributed by atoms with Crippen LogP contribution in [0.1, 0.15) is 11.1 Å². The highest BCUT2D eigenvalue weighted by atomic mass is 16.1. The van der Waals surface area contributed by atoms with Crippen molar-refractivity contribution in [3.8, 4) is 0 Å². The zero-order valence-electron chi connectivity index (χ0n) is 10.8. The van der Waals surface area contributed by atoms with Crippen LogP contribution in [0.25, 0.3) is 0 Å². The van der Waals surface area contributed by atoms with E-state index in [4.69, 9.17) is 0 Å². The summed E-state index contributed by atoms with van der Waals surface area (Å²) in [7, 11) is 0. The number of nitrogens with one attached hydrogen (secondary N) is 1. The highest BCUT2D eigenvalue weighted by Gasteiger charge is 2.01. The normalized spacial score (nSPS) is 10.3. The predicted molar refractivity (Wildman–Crippen MR) is 75.1 cm³/mol. The van der Waals surface area contributed by atoms with E-state index in [0.29, 0.717) is 6.54 Å². The summed E-state index contributed by atoms with van der Waals surface area (Å²) in [5.41, 5.74) is 3.67. The topological polar surface area (TPSA) is 34.0 Å². The van der Waals surface area contributed by atoms with Crippen molar-refractivity contribution in [2.45, 2.75) is 20.4 Å². The molecule has 1 N–H and O–H groups in total. The zero-order chi connectivity index (χ0) is 13.0. The summed E-state index contributed by atoms with van der Waals surface area (Å²) in [5, 5.41) is 3.40. The molecule has 0 aliphatic rings. The van der Waals surface area contributed by atoms with Gasteiger partial charge in [0, 0.05) is 31.0 Å². The lowest BCUT2D eigenvalue weighted by molar-refractivity contribution is 0.697. The van der Waals surface area contributed by atoms with Gasteiger partial charge in [-0.05, 0) is 31.0 Å². The molecule has 0 aliphatic carbocycles. The van der Waals surface area contributed by atoms with Crippen LogP contribution in [-0.2, 0) is 6.54 Å². The number of aryl methyl sites for hydroxylation is 2. The Bertz CT molecular complexity index is 567. The average Bonchev–Trinajstić information content (AvgIpc) is 2.35. The van der Waals surface area contributed by atoms with Crippen molar-refractivity contribution in [3.05, 3.63) is 64.1 Å². The molecule has 0 radical (unpaired) electrons. The lowest BCUT2D eigenvalue weighted by Crippen LogP contribution is -2.22. The number of rotatable bonds is 4. The predicted octanol–water partition coefficient (Wildman–Crippen LogP) is 2.58. The van der Waals surface area contributed by atoms with E-state index in [0.717, 1.165) is 6.54 Å². The minimum Gasteiger partial charge on any atom is -0.383 e. The van der Waals surface area contributed by atoms with Gasteiger partial charge in [-0.15, -0.1) is 0 Å². The van der Waals surface area contributed by atoms with E-state index in [1.807, 2.05) is 12.3 Å². The number of hydrogen-bond donors (Lipinski definition) is 1. The van der Waals surface area contributed by atoms with E-state index in [9.17, 15) is 4.79 Å². The van der Waals surface area contributed by atoms with Crippen molar-refractivity contribution in [1.29, 1.82) is 0 Å². The molecule has 94 valence electrons. The monoisotopic (exact) mass is 242 g/mol. The van der Waals surface area contributed by atoms with Crippen LogP contribution in [-0.4, -0.2) is 11.1 Å². The minimum atomic E-state index is 0.0424. The van der Waals surface area contributed by atoms with Crippen molar-refractivity contribution in [2.24, 2.45) is 0 Å². The van der Waals surface area contributed by atoms with Crippen LogP contribution in [0, 0.1) is 13.8 Å². The van der Waals surface area contributed by atoms with Gasteiger partial charge in [0.15, 0.2) is 0 Å². The van der Waals surface area contributed by atoms with E-state index < -0.39 is 0 Å². The Morgan fingerprint density at radius 2 is 1.78 bits per heavy atom. The summed E-state index contributed by atoms with van der Waals surface area (Å²) in [5.74, 6) is 0. The van der Waals surface area contributed by atoms with Crippen LogP contribution in [0.2, 0.25) is 0 Å². The number of nitrogens with zero attached hydrogens (tertiary/aromatic N) is 1. The maximum Gasteiger partial charge on any atom is 0.250 e. The minimum absolute atomic E-state index is 0.0424. The van der Waals surface area contributed by atoms with Gasteiger partial charge in [-0.25, -0.2) is 0 Å². The standard InChI is InChI=1S/C15H18N2O/c1-12-6-5-7-13(2)15(12)16-9-11-17-10-4-3-8-14(17)18/h3-8,10,16H,9,11H2,1-2H3. The molecule has 3 nitrogen and oxygen atoms in total. The SMILES string of the molecule is Cc1cccc(C)c1NCCn1ccccc1=O. The fourth-order valence-corrected chi connectivity index (χ4v) is 2.04. The molecule has 2 aromatic rings. The van der Waals surface area contributed by atoms with Gasteiger partial charge >= 0.3 is 0 Å². The molecule has 0 saturated heterocycles. The summed E-state index contributed by atoms with van der Waals surface area (Å²) >= 11 is 0. The molecule has 1 heterocycles. The summed E-state index contributed by atoms with van der Waals surface area (Å²) in [4.78, 5) is 11.5. The molecule has 0 amide bonds. The Labute approximate surface area is 107 Å². The fourth-order valence-electron chi connectivity index (χ4n) is 2.04. The number of aromatic nitrogens is 1. The van der Waals surface area contributed by atoms with Crippen molar-refractivity contribution >= 4 is 5.69 Å². The Hall–Kier alpha value is -2.03. The van der Waals surface area contributed by atoms with Crippen LogP contribution in [0.3, 0.4) is 0 Å². The maximum atomic E-state index is 11.5. The Kier molecular flexibility index (Phi) is 3.82. The highest BCUT2D eigenvalue weighted by Crippen LogP contribution is 2.18. The van der Waals surface area contributed by atoms with Gasteiger partial charge in [-0.1, -0.05) is 24.3 Å². The van der Waals surface area contributed by atoms with E-state index >= 15 is 0 Å². The van der Waals surface area contributed by atoms with Crippen LogP contribution < -0.4 is 10.9 Å². The largest absolute Gasteiger partial charge is 0.383 e. The second-order valence-electron chi connectivity index (χ2n) is 4.43. The van der Waals surface area contributed by atoms with Gasteiger partial charge in [-0.2, -0.15) is 0 Å². The first-order valence-electron chi connectivity index (χ1n) is 6.14. The lowest BCUT2D eigenvalue weighted by Gasteiger charge is -2.13. The number of para-hydroxylation sites is 1. The first-order valence-corrected chi connectivity index (χ1v) is 6.14. The van der Waals surface area contributed by atoms with Gasteiger partial charge in [0.05, 0.1) is 0 Å². The highest BCUT2D eigenvalue weighted by molar-refractivity contribution is 5.56. The molecule has 18 heavy (non-hydrogen) atoms. The Morgan fingerprint density at radius 3 is 2.44 bits per heavy atom. The first kappa shape index (κ1) is 12.4. The van der Waals surface area contributed by atoms with E-state index in [1.165, 1.54) is 16.8 Å². The smallest absolute Gasteiger partial charge is 0.250 e. The molecule has 0 aliphatic heterocycles. The molecule has 0 fully saturated rings. The van der Waals surface area contributed by atoms with Gasteiger partial charge in [0.25, 0.3) is 5.56 Å². The summed E-state index contributed by atoms with van der Waals surface area (Å²) in [6.07, 6.45) is 1.81. The zero-order valence-corrected chi connectivity index (χ0v) is 10.8. The Balaban J connectivity index is 2.01. The molecule has 0 unspecified atom stereocenters. The second kappa shape index (κ2) is 5.54. The van der Waals surface area contributed by atoms with Crippen molar-refractivity contribution < 1.29 is 0 Å². The third kappa shape index (κ3) is 2.80. The lowest BCUT2D eigenvalue weighted by atomic mass is 10.1. The third-order valence-electron chi connectivity index (χ3n) is 3.03. The summed E-state index contributed by atoms with van der Waals surface area (Å²) in [6, 6.07) is 11.4. The number of hydrogen-bond acceptors (Lipinski definition) is 2. The number of benzene rings is 1. The molecule has 0 spiro atoms. The quantitative estimate of drug-likeness (QED) is 0.894. The van der Waals surface area contributed by atoms with Gasteiger partial charge < -0.3 is 9.88 Å². The number of anilines is 1. The molecule has 0 atom stereocenters. The molecular weight excluding hydrogens is 224 g/mol. The van der Waals surface area contributed by atoms with E-state index in [2.05, 4.69) is 37.4 Å². The van der Waals surface area contributed by atoms with E-state index in [1.54, 1.807) is 16.7 Å². The van der Waals surface area contributed by atoms with Crippen LogP contribution in [0.15, 0.2) is 47.4 Å². The molecule has 2 rings (SSSR count). The number of pyridine rings is 1. The fraction of sp³-hybridized carbons (Fsp3) is 0.267. The summed E-state index contributed by atoms with van der Waals surface area (Å²) in [6.45, 7) is 5.59. The van der Waals surface area contributed by atoms with Gasteiger partial charge in [0.2, 0.25) is 0 Å². The molecule has 1 aromatic carbocycles. The van der Waals surface area contributed by atoms with Crippen LogP contribution in [0.5, 0.6) is 0 Å². The Morgan fingerprint density at radius 1 is 1.06 bits per heavy atom. The second-order valence-corrected chi connectivity index (χ2v) is 4.43. The van der Waals surface area contributed by atoms with Crippen LogP contribution in [0.4, 0.5) is 5.69 Å².